The van der Waals surface area contributed by atoms with Gasteiger partial charge in [0.25, 0.3) is 0 Å². The smallest absolute Gasteiger partial charge is 0.149 e. The molecule has 0 unspecified atom stereocenters. The summed E-state index contributed by atoms with van der Waals surface area (Å²) in [5, 5.41) is 1.11. The lowest BCUT2D eigenvalue weighted by molar-refractivity contribution is 0.306. The van der Waals surface area contributed by atoms with E-state index in [-0.39, 0.29) is 0 Å². The van der Waals surface area contributed by atoms with E-state index in [0.29, 0.717) is 12.5 Å². The third-order valence-electron chi connectivity index (χ3n) is 4.37. The van der Waals surface area contributed by atoms with Gasteiger partial charge in [0.2, 0.25) is 0 Å². The molecule has 0 spiro atoms. The molecule has 0 bridgehead atoms. The summed E-state index contributed by atoms with van der Waals surface area (Å²) in [5.74, 6) is 1.54. The van der Waals surface area contributed by atoms with Crippen LogP contribution < -0.4 is 4.74 Å². The van der Waals surface area contributed by atoms with Gasteiger partial charge in [-0.2, -0.15) is 0 Å². The van der Waals surface area contributed by atoms with Crippen LogP contribution in [0.4, 0.5) is 0 Å². The van der Waals surface area contributed by atoms with Crippen molar-refractivity contribution in [2.45, 2.75) is 25.4 Å². The zero-order chi connectivity index (χ0) is 15.6. The van der Waals surface area contributed by atoms with Crippen LogP contribution >= 0.6 is 0 Å². The largest absolute Gasteiger partial charge is 0.486 e. The van der Waals surface area contributed by atoms with Crippen LogP contribution in [0.5, 0.6) is 5.75 Å². The van der Waals surface area contributed by atoms with Gasteiger partial charge in [-0.25, -0.2) is 0 Å². The highest BCUT2D eigenvalue weighted by molar-refractivity contribution is 5.93. The van der Waals surface area contributed by atoms with Gasteiger partial charge in [0, 0.05) is 17.1 Å². The van der Waals surface area contributed by atoms with Crippen LogP contribution in [0.2, 0.25) is 0 Å². The third-order valence-corrected chi connectivity index (χ3v) is 4.37. The number of pyridine rings is 1. The Hall–Kier alpha value is -2.61. The Morgan fingerprint density at radius 2 is 1.96 bits per heavy atom. The molecular formula is C21H19NO. The highest BCUT2D eigenvalue weighted by Crippen LogP contribution is 2.47. The van der Waals surface area contributed by atoms with Crippen LogP contribution in [0.3, 0.4) is 0 Å². The Kier molecular flexibility index (Phi) is 3.58. The fraction of sp³-hybridized carbons (Fsp3) is 0.190. The topological polar surface area (TPSA) is 22.1 Å². The van der Waals surface area contributed by atoms with Gasteiger partial charge in [0.1, 0.15) is 17.9 Å². The Morgan fingerprint density at radius 1 is 1.13 bits per heavy atom. The summed E-state index contributed by atoms with van der Waals surface area (Å²) in [7, 11) is 0. The van der Waals surface area contributed by atoms with Crippen molar-refractivity contribution in [2.24, 2.45) is 0 Å². The highest BCUT2D eigenvalue weighted by Gasteiger charge is 2.29. The van der Waals surface area contributed by atoms with Crippen molar-refractivity contribution in [2.75, 3.05) is 0 Å². The van der Waals surface area contributed by atoms with Crippen LogP contribution in [0.1, 0.15) is 35.4 Å². The maximum absolute atomic E-state index is 6.24. The normalized spacial score (nSPS) is 13.9. The number of hydrogen-bond donors (Lipinski definition) is 0. The van der Waals surface area contributed by atoms with Crippen LogP contribution in [0.15, 0.2) is 61.3 Å². The quantitative estimate of drug-likeness (QED) is 0.635. The van der Waals surface area contributed by atoms with Gasteiger partial charge in [0.15, 0.2) is 0 Å². The standard InChI is InChI=1S/C21H19NO/c1-2-16-13-19(17-10-11-17)21(20-18(16)9-6-12-22-20)23-14-15-7-4-3-5-8-15/h2-9,12-13,17H,1,10-11,14H2. The fourth-order valence-electron chi connectivity index (χ4n) is 3.01. The highest BCUT2D eigenvalue weighted by atomic mass is 16.5. The van der Waals surface area contributed by atoms with E-state index in [9.17, 15) is 0 Å². The van der Waals surface area contributed by atoms with Gasteiger partial charge in [0.05, 0.1) is 0 Å². The lowest BCUT2D eigenvalue weighted by Gasteiger charge is -2.15. The molecule has 1 aliphatic carbocycles. The van der Waals surface area contributed by atoms with Gasteiger partial charge >= 0.3 is 0 Å². The predicted molar refractivity (Wildman–Crippen MR) is 94.6 cm³/mol. The van der Waals surface area contributed by atoms with Gasteiger partial charge < -0.3 is 4.74 Å². The second-order valence-corrected chi connectivity index (χ2v) is 6.04. The number of nitrogens with zero attached hydrogens (tertiary/aromatic N) is 1. The molecule has 0 atom stereocenters. The molecule has 23 heavy (non-hydrogen) atoms. The minimum Gasteiger partial charge on any atom is -0.486 e. The molecule has 0 amide bonds. The van der Waals surface area contributed by atoms with E-state index in [2.05, 4.69) is 35.8 Å². The average molecular weight is 301 g/mol. The molecule has 0 saturated heterocycles. The summed E-state index contributed by atoms with van der Waals surface area (Å²) in [6.45, 7) is 4.53. The second kappa shape index (κ2) is 5.88. The molecule has 3 aromatic rings. The van der Waals surface area contributed by atoms with E-state index < -0.39 is 0 Å². The molecule has 2 aromatic carbocycles. The molecule has 114 valence electrons. The Morgan fingerprint density at radius 3 is 2.70 bits per heavy atom. The molecule has 0 aliphatic heterocycles. The second-order valence-electron chi connectivity index (χ2n) is 6.04. The summed E-state index contributed by atoms with van der Waals surface area (Å²) in [5.41, 5.74) is 4.54. The number of hydrogen-bond acceptors (Lipinski definition) is 2. The first-order chi connectivity index (χ1) is 11.4. The van der Waals surface area contributed by atoms with Crippen LogP contribution in [0.25, 0.3) is 17.0 Å². The lowest BCUT2D eigenvalue weighted by atomic mass is 10.00. The maximum atomic E-state index is 6.24. The molecule has 1 fully saturated rings. The van der Waals surface area contributed by atoms with Gasteiger partial charge in [-0.15, -0.1) is 0 Å². The zero-order valence-corrected chi connectivity index (χ0v) is 13.0. The number of ether oxygens (including phenoxy) is 1. The first-order valence-electron chi connectivity index (χ1n) is 8.07. The maximum Gasteiger partial charge on any atom is 0.149 e. The first-order valence-corrected chi connectivity index (χ1v) is 8.07. The van der Waals surface area contributed by atoms with Crippen molar-refractivity contribution in [3.8, 4) is 5.75 Å². The molecule has 1 aromatic heterocycles. The minimum absolute atomic E-state index is 0.569. The first kappa shape index (κ1) is 14.0. The van der Waals surface area contributed by atoms with Crippen LogP contribution in [-0.4, -0.2) is 4.98 Å². The SMILES string of the molecule is C=Cc1cc(C2CC2)c(OCc2ccccc2)c2ncccc12. The van der Waals surface area contributed by atoms with Gasteiger partial charge in [-0.1, -0.05) is 49.1 Å². The Bertz CT molecular complexity index is 850. The predicted octanol–water partition coefficient (Wildman–Crippen LogP) is 5.33. The van der Waals surface area contributed by atoms with E-state index in [1.807, 2.05) is 36.5 Å². The monoisotopic (exact) mass is 301 g/mol. The fourth-order valence-corrected chi connectivity index (χ4v) is 3.01. The summed E-state index contributed by atoms with van der Waals surface area (Å²) < 4.78 is 6.24. The molecule has 0 N–H and O–H groups in total. The Labute approximate surface area is 136 Å². The molecular weight excluding hydrogens is 282 g/mol. The van der Waals surface area contributed by atoms with Crippen molar-refractivity contribution in [1.29, 1.82) is 0 Å². The summed E-state index contributed by atoms with van der Waals surface area (Å²) >= 11 is 0. The zero-order valence-electron chi connectivity index (χ0n) is 13.0. The van der Waals surface area contributed by atoms with Crippen molar-refractivity contribution < 1.29 is 4.74 Å². The number of aromatic nitrogens is 1. The minimum atomic E-state index is 0.569. The van der Waals surface area contributed by atoms with Crippen LogP contribution in [0, 0.1) is 0 Å². The van der Waals surface area contributed by atoms with E-state index in [4.69, 9.17) is 4.74 Å². The van der Waals surface area contributed by atoms with Crippen molar-refractivity contribution in [3.05, 3.63) is 78.0 Å². The molecule has 1 saturated carbocycles. The van der Waals surface area contributed by atoms with Gasteiger partial charge in [-0.3, -0.25) is 4.98 Å². The number of fused-ring (bicyclic) bond motifs is 1. The molecule has 4 rings (SSSR count). The van der Waals surface area contributed by atoms with Crippen molar-refractivity contribution in [3.63, 3.8) is 0 Å². The van der Waals surface area contributed by atoms with Crippen molar-refractivity contribution >= 4 is 17.0 Å². The van der Waals surface area contributed by atoms with E-state index in [1.54, 1.807) is 0 Å². The summed E-state index contributed by atoms with van der Waals surface area (Å²) in [6.07, 6.45) is 6.21. The van der Waals surface area contributed by atoms with Crippen LogP contribution in [-0.2, 0) is 6.61 Å². The van der Waals surface area contributed by atoms with E-state index >= 15 is 0 Å². The summed E-state index contributed by atoms with van der Waals surface area (Å²) in [4.78, 5) is 4.60. The van der Waals surface area contributed by atoms with E-state index in [0.717, 1.165) is 22.2 Å². The molecule has 1 heterocycles. The Balaban J connectivity index is 1.80. The number of benzene rings is 2. The molecule has 2 heteroatoms. The third kappa shape index (κ3) is 2.72. The molecule has 1 aliphatic rings. The molecule has 2 nitrogen and oxygen atoms in total. The molecule has 0 radical (unpaired) electrons. The van der Waals surface area contributed by atoms with E-state index in [1.165, 1.54) is 24.0 Å². The lowest BCUT2D eigenvalue weighted by Crippen LogP contribution is -2.01. The summed E-state index contributed by atoms with van der Waals surface area (Å²) in [6, 6.07) is 16.6. The average Bonchev–Trinajstić information content (AvgIpc) is 3.45. The van der Waals surface area contributed by atoms with Crippen molar-refractivity contribution in [1.82, 2.24) is 4.98 Å². The number of rotatable bonds is 5. The van der Waals surface area contributed by atoms with Gasteiger partial charge in [-0.05, 0) is 42.0 Å².